The third kappa shape index (κ3) is 5.26. The highest BCUT2D eigenvalue weighted by Gasteiger charge is 2.30. The van der Waals surface area contributed by atoms with E-state index < -0.39 is 25.1 Å². The van der Waals surface area contributed by atoms with E-state index in [9.17, 15) is 22.4 Å². The lowest BCUT2D eigenvalue weighted by atomic mass is 10.3. The Bertz CT molecular complexity index is 106. The summed E-state index contributed by atoms with van der Waals surface area (Å²) in [5.74, 6) is -1.43. The number of Topliss-reactive ketones (excluding diaryl/α,β-unsaturated/α-hetero) is 1. The quantitative estimate of drug-likeness (QED) is 0.536. The van der Waals surface area contributed by atoms with E-state index in [-0.39, 0.29) is 0 Å². The molecule has 0 aliphatic carbocycles. The van der Waals surface area contributed by atoms with Crippen LogP contribution in [-0.4, -0.2) is 18.6 Å². The van der Waals surface area contributed by atoms with E-state index in [0.717, 1.165) is 0 Å². The zero-order valence-electron chi connectivity index (χ0n) is 4.33. The molecule has 0 aliphatic rings. The summed E-state index contributed by atoms with van der Waals surface area (Å²) in [7, 11) is 0. The number of hydrogen-bond donors (Lipinski definition) is 0. The first kappa shape index (κ1) is 8.39. The fraction of sp³-hybridized carbons (Fsp3) is 0.750. The maximum atomic E-state index is 11.1. The Hall–Kier alpha value is -0.610. The van der Waals surface area contributed by atoms with Gasteiger partial charge < -0.3 is 0 Å². The first-order chi connectivity index (χ1) is 3.95. The van der Waals surface area contributed by atoms with E-state index in [4.69, 9.17) is 0 Å². The number of ketones is 1. The molecule has 0 amide bonds. The second-order valence-corrected chi connectivity index (χ2v) is 1.46. The van der Waals surface area contributed by atoms with Gasteiger partial charge in [0.25, 0.3) is 0 Å². The predicted molar refractivity (Wildman–Crippen MR) is 21.7 cm³/mol. The van der Waals surface area contributed by atoms with Crippen LogP contribution in [0.5, 0.6) is 0 Å². The highest BCUT2D eigenvalue weighted by molar-refractivity contribution is 5.80. The van der Waals surface area contributed by atoms with Crippen molar-refractivity contribution in [3.63, 3.8) is 0 Å². The normalized spacial score (nSPS) is 11.6. The van der Waals surface area contributed by atoms with E-state index in [0.29, 0.717) is 0 Å². The SMILES string of the molecule is O=C(CF)CC(F)(F)F. The Balaban J connectivity index is 3.60. The molecule has 0 saturated heterocycles. The molecule has 0 rings (SSSR count). The molecular weight excluding hydrogens is 140 g/mol. The fourth-order valence-corrected chi connectivity index (χ4v) is 0.271. The molecule has 0 aromatic heterocycles. The number of carbonyl (C=O) groups is 1. The molecule has 0 saturated carbocycles. The highest BCUT2D eigenvalue weighted by atomic mass is 19.4. The van der Waals surface area contributed by atoms with Crippen LogP contribution in [0.25, 0.3) is 0 Å². The van der Waals surface area contributed by atoms with E-state index in [1.54, 1.807) is 0 Å². The van der Waals surface area contributed by atoms with E-state index in [1.807, 2.05) is 0 Å². The van der Waals surface area contributed by atoms with Crippen molar-refractivity contribution in [1.82, 2.24) is 0 Å². The van der Waals surface area contributed by atoms with Crippen LogP contribution in [0.4, 0.5) is 17.6 Å². The van der Waals surface area contributed by atoms with Crippen LogP contribution in [-0.2, 0) is 4.79 Å². The van der Waals surface area contributed by atoms with Crippen LogP contribution < -0.4 is 0 Å². The molecule has 0 bridgehead atoms. The minimum absolute atomic E-state index is 1.43. The van der Waals surface area contributed by atoms with E-state index in [1.165, 1.54) is 0 Å². The Morgan fingerprint density at radius 1 is 1.33 bits per heavy atom. The summed E-state index contributed by atoms with van der Waals surface area (Å²) in [6, 6.07) is 0. The van der Waals surface area contributed by atoms with Gasteiger partial charge in [-0.2, -0.15) is 13.2 Å². The van der Waals surface area contributed by atoms with E-state index in [2.05, 4.69) is 0 Å². The molecule has 0 atom stereocenters. The summed E-state index contributed by atoms with van der Waals surface area (Å²) in [6.07, 6.45) is -6.23. The second-order valence-electron chi connectivity index (χ2n) is 1.46. The van der Waals surface area contributed by atoms with Crippen molar-refractivity contribution >= 4 is 5.78 Å². The maximum Gasteiger partial charge on any atom is 0.396 e. The van der Waals surface area contributed by atoms with Gasteiger partial charge >= 0.3 is 6.18 Å². The van der Waals surface area contributed by atoms with Crippen LogP contribution in [0, 0.1) is 0 Å². The molecule has 0 aliphatic heterocycles. The van der Waals surface area contributed by atoms with Gasteiger partial charge in [-0.15, -0.1) is 0 Å². The Morgan fingerprint density at radius 3 is 1.89 bits per heavy atom. The molecule has 54 valence electrons. The number of alkyl halides is 4. The van der Waals surface area contributed by atoms with Crippen molar-refractivity contribution in [2.45, 2.75) is 12.6 Å². The molecule has 5 heteroatoms. The molecule has 0 fully saturated rings. The molecule has 0 radical (unpaired) electrons. The van der Waals surface area contributed by atoms with Crippen molar-refractivity contribution in [1.29, 1.82) is 0 Å². The van der Waals surface area contributed by atoms with Gasteiger partial charge in [0.2, 0.25) is 0 Å². The van der Waals surface area contributed by atoms with Crippen LogP contribution in [0.1, 0.15) is 6.42 Å². The summed E-state index contributed by atoms with van der Waals surface area (Å²) in [5.41, 5.74) is 0. The summed E-state index contributed by atoms with van der Waals surface area (Å²) in [6.45, 7) is -1.54. The van der Waals surface area contributed by atoms with Gasteiger partial charge in [-0.1, -0.05) is 0 Å². The first-order valence-corrected chi connectivity index (χ1v) is 2.10. The van der Waals surface area contributed by atoms with Gasteiger partial charge in [0.1, 0.15) is 13.1 Å². The summed E-state index contributed by atoms with van der Waals surface area (Å²) >= 11 is 0. The Kier molecular flexibility index (Phi) is 2.61. The lowest BCUT2D eigenvalue weighted by molar-refractivity contribution is -0.152. The molecule has 9 heavy (non-hydrogen) atoms. The molecular formula is C4H4F4O. The van der Waals surface area contributed by atoms with Crippen LogP contribution >= 0.6 is 0 Å². The zero-order chi connectivity index (χ0) is 7.49. The molecule has 0 unspecified atom stereocenters. The summed E-state index contributed by atoms with van der Waals surface area (Å²) < 4.78 is 44.4. The number of rotatable bonds is 2. The number of hydrogen-bond acceptors (Lipinski definition) is 1. The van der Waals surface area contributed by atoms with Gasteiger partial charge in [0.15, 0.2) is 5.78 Å². The minimum atomic E-state index is -4.57. The molecule has 0 N–H and O–H groups in total. The third-order valence-corrected chi connectivity index (χ3v) is 0.547. The van der Waals surface area contributed by atoms with Crippen molar-refractivity contribution < 1.29 is 22.4 Å². The van der Waals surface area contributed by atoms with Crippen LogP contribution in [0.3, 0.4) is 0 Å². The summed E-state index contributed by atoms with van der Waals surface area (Å²) in [4.78, 5) is 9.73. The van der Waals surface area contributed by atoms with Crippen molar-refractivity contribution in [3.05, 3.63) is 0 Å². The summed E-state index contributed by atoms with van der Waals surface area (Å²) in [5, 5.41) is 0. The average molecular weight is 144 g/mol. The van der Waals surface area contributed by atoms with Crippen LogP contribution in [0.2, 0.25) is 0 Å². The molecule has 1 nitrogen and oxygen atoms in total. The molecule has 0 spiro atoms. The second kappa shape index (κ2) is 2.80. The zero-order valence-corrected chi connectivity index (χ0v) is 4.33. The monoisotopic (exact) mass is 144 g/mol. The molecule has 0 aromatic rings. The standard InChI is InChI=1S/C4H4F4O/c5-2-3(9)1-4(6,7)8/h1-2H2. The average Bonchev–Trinajstić information content (AvgIpc) is 1.62. The highest BCUT2D eigenvalue weighted by Crippen LogP contribution is 2.19. The van der Waals surface area contributed by atoms with Gasteiger partial charge in [-0.05, 0) is 0 Å². The lowest BCUT2D eigenvalue weighted by Crippen LogP contribution is -2.15. The lowest BCUT2D eigenvalue weighted by Gasteiger charge is -2.00. The van der Waals surface area contributed by atoms with Gasteiger partial charge in [0.05, 0.1) is 0 Å². The first-order valence-electron chi connectivity index (χ1n) is 2.10. The number of carbonyl (C=O) groups excluding carboxylic acids is 1. The van der Waals surface area contributed by atoms with Gasteiger partial charge in [0, 0.05) is 0 Å². The largest absolute Gasteiger partial charge is 0.396 e. The third-order valence-electron chi connectivity index (χ3n) is 0.547. The molecule has 0 aromatic carbocycles. The topological polar surface area (TPSA) is 17.1 Å². The fourth-order valence-electron chi connectivity index (χ4n) is 0.271. The Morgan fingerprint density at radius 2 is 1.78 bits per heavy atom. The Labute approximate surface area is 48.7 Å². The van der Waals surface area contributed by atoms with E-state index >= 15 is 0 Å². The van der Waals surface area contributed by atoms with Crippen LogP contribution in [0.15, 0.2) is 0 Å². The predicted octanol–water partition coefficient (Wildman–Crippen LogP) is 1.48. The van der Waals surface area contributed by atoms with Crippen molar-refractivity contribution in [2.75, 3.05) is 6.67 Å². The van der Waals surface area contributed by atoms with Gasteiger partial charge in [-0.3, -0.25) is 4.79 Å². The number of halogens is 4. The minimum Gasteiger partial charge on any atom is -0.296 e. The molecule has 0 heterocycles. The smallest absolute Gasteiger partial charge is 0.296 e. The van der Waals surface area contributed by atoms with Gasteiger partial charge in [-0.25, -0.2) is 4.39 Å². The maximum absolute atomic E-state index is 11.1. The van der Waals surface area contributed by atoms with Crippen molar-refractivity contribution in [3.8, 4) is 0 Å². The van der Waals surface area contributed by atoms with Crippen molar-refractivity contribution in [2.24, 2.45) is 0 Å².